The van der Waals surface area contributed by atoms with Crippen LogP contribution in [0.15, 0.2) is 0 Å². The van der Waals surface area contributed by atoms with E-state index in [0.29, 0.717) is 12.2 Å². The third-order valence-corrected chi connectivity index (χ3v) is 7.35. The van der Waals surface area contributed by atoms with Crippen molar-refractivity contribution >= 4 is 0 Å². The van der Waals surface area contributed by atoms with Gasteiger partial charge in [0.1, 0.15) is 0 Å². The van der Waals surface area contributed by atoms with Crippen molar-refractivity contribution < 1.29 is 4.74 Å². The van der Waals surface area contributed by atoms with Crippen LogP contribution in [0.25, 0.3) is 0 Å². The quantitative estimate of drug-likeness (QED) is 0.182. The second-order valence-electron chi connectivity index (χ2n) is 10.3. The lowest BCUT2D eigenvalue weighted by Gasteiger charge is -2.24. The topological polar surface area (TPSA) is 12.5 Å². The smallest absolute Gasteiger partial charge is 0.0867 e. The Morgan fingerprint density at radius 3 is 2.07 bits per heavy atom. The normalized spacial score (nSPS) is 25.0. The summed E-state index contributed by atoms with van der Waals surface area (Å²) in [6, 6.07) is 0. The lowest BCUT2D eigenvalue weighted by atomic mass is 9.81. The SMILES string of the molecule is CCCCCC(C)C(C)CC(C)CC(C)C1OC1CCCCCC(C)CC. The van der Waals surface area contributed by atoms with Crippen LogP contribution in [0.3, 0.4) is 0 Å². The molecule has 0 aromatic carbocycles. The molecule has 27 heavy (non-hydrogen) atoms. The molecule has 1 nitrogen and oxygen atoms in total. The Balaban J connectivity index is 2.11. The van der Waals surface area contributed by atoms with Gasteiger partial charge in [-0.05, 0) is 48.9 Å². The van der Waals surface area contributed by atoms with Crippen molar-refractivity contribution in [3.8, 4) is 0 Å². The van der Waals surface area contributed by atoms with Crippen LogP contribution in [0.4, 0.5) is 0 Å². The number of unbranched alkanes of at least 4 members (excludes halogenated alkanes) is 4. The summed E-state index contributed by atoms with van der Waals surface area (Å²) in [6.07, 6.45) is 17.7. The maximum absolute atomic E-state index is 6.05. The Kier molecular flexibility index (Phi) is 13.0. The Morgan fingerprint density at radius 1 is 0.704 bits per heavy atom. The van der Waals surface area contributed by atoms with Gasteiger partial charge in [-0.3, -0.25) is 0 Å². The van der Waals surface area contributed by atoms with Gasteiger partial charge in [0.2, 0.25) is 0 Å². The van der Waals surface area contributed by atoms with Crippen LogP contribution in [-0.2, 0) is 4.74 Å². The molecular formula is C26H52O. The summed E-state index contributed by atoms with van der Waals surface area (Å²) in [5.74, 6) is 4.24. The Hall–Kier alpha value is -0.0400. The first-order valence-electron chi connectivity index (χ1n) is 12.5. The van der Waals surface area contributed by atoms with Gasteiger partial charge in [0, 0.05) is 0 Å². The van der Waals surface area contributed by atoms with Crippen LogP contribution < -0.4 is 0 Å². The van der Waals surface area contributed by atoms with Gasteiger partial charge >= 0.3 is 0 Å². The fourth-order valence-electron chi connectivity index (χ4n) is 4.84. The molecule has 0 aliphatic carbocycles. The first kappa shape index (κ1) is 25.0. The monoisotopic (exact) mass is 380 g/mol. The average Bonchev–Trinajstić information content (AvgIpc) is 3.40. The largest absolute Gasteiger partial charge is 0.369 e. The summed E-state index contributed by atoms with van der Waals surface area (Å²) >= 11 is 0. The number of rotatable bonds is 17. The van der Waals surface area contributed by atoms with E-state index in [4.69, 9.17) is 4.74 Å². The Morgan fingerprint density at radius 2 is 1.41 bits per heavy atom. The third-order valence-electron chi connectivity index (χ3n) is 7.35. The van der Waals surface area contributed by atoms with Gasteiger partial charge in [-0.25, -0.2) is 0 Å². The van der Waals surface area contributed by atoms with Crippen molar-refractivity contribution in [3.63, 3.8) is 0 Å². The zero-order valence-electron chi connectivity index (χ0n) is 19.9. The molecule has 0 radical (unpaired) electrons. The highest BCUT2D eigenvalue weighted by Gasteiger charge is 2.42. The third kappa shape index (κ3) is 10.9. The van der Waals surface area contributed by atoms with Crippen LogP contribution in [0.5, 0.6) is 0 Å². The minimum Gasteiger partial charge on any atom is -0.369 e. The zero-order chi connectivity index (χ0) is 20.2. The number of epoxide rings is 1. The summed E-state index contributed by atoms with van der Waals surface area (Å²) < 4.78 is 6.05. The average molecular weight is 381 g/mol. The molecule has 0 N–H and O–H groups in total. The Labute approximate surface area is 172 Å². The van der Waals surface area contributed by atoms with Gasteiger partial charge in [-0.1, -0.05) is 106 Å². The molecule has 0 aromatic heterocycles. The second kappa shape index (κ2) is 14.0. The molecule has 0 amide bonds. The molecule has 162 valence electrons. The molecular weight excluding hydrogens is 328 g/mol. The first-order chi connectivity index (χ1) is 12.9. The van der Waals surface area contributed by atoms with E-state index < -0.39 is 0 Å². The number of hydrogen-bond acceptors (Lipinski definition) is 1. The standard InChI is InChI=1S/C26H52O/c1-8-10-12-16-22(5)23(6)18-21(4)19-24(7)26-25(27-26)17-14-11-13-15-20(3)9-2/h20-26H,8-19H2,1-7H3. The summed E-state index contributed by atoms with van der Waals surface area (Å²) in [5, 5.41) is 0. The van der Waals surface area contributed by atoms with Gasteiger partial charge in [0.25, 0.3) is 0 Å². The van der Waals surface area contributed by atoms with E-state index in [-0.39, 0.29) is 0 Å². The van der Waals surface area contributed by atoms with Crippen LogP contribution in [0.2, 0.25) is 0 Å². The van der Waals surface area contributed by atoms with E-state index in [2.05, 4.69) is 48.5 Å². The lowest BCUT2D eigenvalue weighted by Crippen LogP contribution is -2.16. The zero-order valence-corrected chi connectivity index (χ0v) is 19.9. The van der Waals surface area contributed by atoms with E-state index in [1.54, 1.807) is 0 Å². The molecule has 7 atom stereocenters. The van der Waals surface area contributed by atoms with Gasteiger partial charge in [0.15, 0.2) is 0 Å². The van der Waals surface area contributed by atoms with Crippen molar-refractivity contribution in [3.05, 3.63) is 0 Å². The minimum absolute atomic E-state index is 0.569. The molecule has 0 bridgehead atoms. The molecule has 0 spiro atoms. The van der Waals surface area contributed by atoms with Crippen LogP contribution in [0.1, 0.15) is 126 Å². The van der Waals surface area contributed by atoms with E-state index in [0.717, 1.165) is 29.6 Å². The molecule has 1 aliphatic rings. The molecule has 0 aromatic rings. The van der Waals surface area contributed by atoms with Crippen molar-refractivity contribution in [1.82, 2.24) is 0 Å². The highest BCUT2D eigenvalue weighted by molar-refractivity contribution is 4.89. The summed E-state index contributed by atoms with van der Waals surface area (Å²) in [5.41, 5.74) is 0. The molecule has 1 fully saturated rings. The predicted octanol–water partition coefficient (Wildman–Crippen LogP) is 8.66. The fraction of sp³-hybridized carbons (Fsp3) is 1.00. The lowest BCUT2D eigenvalue weighted by molar-refractivity contribution is 0.247. The number of hydrogen-bond donors (Lipinski definition) is 0. The van der Waals surface area contributed by atoms with Crippen molar-refractivity contribution in [2.24, 2.45) is 29.6 Å². The van der Waals surface area contributed by atoms with Crippen LogP contribution in [-0.4, -0.2) is 12.2 Å². The molecule has 1 saturated heterocycles. The van der Waals surface area contributed by atoms with E-state index >= 15 is 0 Å². The second-order valence-corrected chi connectivity index (χ2v) is 10.3. The van der Waals surface area contributed by atoms with E-state index in [1.165, 1.54) is 77.0 Å². The van der Waals surface area contributed by atoms with Crippen molar-refractivity contribution in [1.29, 1.82) is 0 Å². The van der Waals surface area contributed by atoms with Crippen LogP contribution >= 0.6 is 0 Å². The number of ether oxygens (including phenoxy) is 1. The summed E-state index contributed by atoms with van der Waals surface area (Å²) in [4.78, 5) is 0. The van der Waals surface area contributed by atoms with Crippen molar-refractivity contribution in [2.75, 3.05) is 0 Å². The fourth-order valence-corrected chi connectivity index (χ4v) is 4.84. The summed E-state index contributed by atoms with van der Waals surface area (Å²) in [7, 11) is 0. The predicted molar refractivity (Wildman–Crippen MR) is 121 cm³/mol. The molecule has 7 unspecified atom stereocenters. The molecule has 1 heterocycles. The van der Waals surface area contributed by atoms with Crippen LogP contribution in [0, 0.1) is 29.6 Å². The van der Waals surface area contributed by atoms with Gasteiger partial charge in [0.05, 0.1) is 12.2 Å². The van der Waals surface area contributed by atoms with E-state index in [9.17, 15) is 0 Å². The van der Waals surface area contributed by atoms with Gasteiger partial charge in [-0.2, -0.15) is 0 Å². The van der Waals surface area contributed by atoms with E-state index in [1.807, 2.05) is 0 Å². The van der Waals surface area contributed by atoms with Crippen molar-refractivity contribution in [2.45, 2.75) is 138 Å². The highest BCUT2D eigenvalue weighted by atomic mass is 16.6. The Bertz CT molecular complexity index is 352. The minimum atomic E-state index is 0.569. The maximum Gasteiger partial charge on any atom is 0.0867 e. The molecule has 1 aliphatic heterocycles. The van der Waals surface area contributed by atoms with Gasteiger partial charge in [-0.15, -0.1) is 0 Å². The molecule has 1 heteroatoms. The first-order valence-corrected chi connectivity index (χ1v) is 12.5. The summed E-state index contributed by atoms with van der Waals surface area (Å²) in [6.45, 7) is 16.8. The maximum atomic E-state index is 6.05. The molecule has 1 rings (SSSR count). The van der Waals surface area contributed by atoms with Gasteiger partial charge < -0.3 is 4.74 Å². The molecule has 0 saturated carbocycles. The highest BCUT2D eigenvalue weighted by Crippen LogP contribution is 2.37.